The number of hydrogen-bond donors (Lipinski definition) is 11. The maximum absolute atomic E-state index is 14.2. The first-order chi connectivity index (χ1) is 32.9. The maximum Gasteiger partial charge on any atom is 0.326 e. The van der Waals surface area contributed by atoms with Crippen molar-refractivity contribution < 1.29 is 53.1 Å². The standard InChI is InChI=1S/C47H73N11O11S/c1-24(2)18-30(48)41(62)54-33(19-25(3)4)44(65)55-34(20-28-22-50-31-13-10-9-12-29(28)31)45(66)56-35(21-37(49)59)42(63)51-23-38(60)58-16-11-14-36(58)46(67)53-32(15-17-70-8)43(64)52-27(7)40(61)57-39(26(5)6)47(68)69/h9-10,12-13,22,24-27,30,32-36,39,50H,11,14-21,23,48H2,1-8H3,(H2,49,59)(H,51,63)(H,52,64)(H,53,67)(H,54,62)(H,55,65)(H,56,66)(H,57,61)(H,68,69)/t27-,30-,32-,33-,34-,35-,36-,39-/m0/s1. The molecule has 3 rings (SSSR count). The first-order valence-corrected chi connectivity index (χ1v) is 25.0. The highest BCUT2D eigenvalue weighted by atomic mass is 32.2. The molecule has 0 spiro atoms. The minimum atomic E-state index is -1.61. The van der Waals surface area contributed by atoms with Gasteiger partial charge in [-0.05, 0) is 80.4 Å². The molecule has 22 nitrogen and oxygen atoms in total. The molecule has 1 aromatic heterocycles. The van der Waals surface area contributed by atoms with Gasteiger partial charge in [0.2, 0.25) is 53.2 Å². The van der Waals surface area contributed by atoms with E-state index in [0.717, 1.165) is 10.9 Å². The predicted molar refractivity (Wildman–Crippen MR) is 263 cm³/mol. The van der Waals surface area contributed by atoms with Gasteiger partial charge in [0.1, 0.15) is 42.3 Å². The fraction of sp³-hybridized carbons (Fsp3) is 0.617. The number of H-pyrrole nitrogens is 1. The Hall–Kier alpha value is -6.23. The van der Waals surface area contributed by atoms with Crippen LogP contribution in [0.1, 0.15) is 92.6 Å². The lowest BCUT2D eigenvalue weighted by Crippen LogP contribution is -2.59. The second kappa shape index (κ2) is 27.8. The lowest BCUT2D eigenvalue weighted by Gasteiger charge is -2.28. The van der Waals surface area contributed by atoms with Crippen LogP contribution in [0.3, 0.4) is 0 Å². The fourth-order valence-electron chi connectivity index (χ4n) is 7.95. The van der Waals surface area contributed by atoms with Crippen molar-refractivity contribution in [3.63, 3.8) is 0 Å². The van der Waals surface area contributed by atoms with Gasteiger partial charge in [-0.3, -0.25) is 43.2 Å². The Kier molecular flexibility index (Phi) is 23.1. The van der Waals surface area contributed by atoms with Crippen LogP contribution in [-0.2, 0) is 54.4 Å². The molecule has 388 valence electrons. The smallest absolute Gasteiger partial charge is 0.326 e. The van der Waals surface area contributed by atoms with Crippen LogP contribution in [0.15, 0.2) is 30.5 Å². The highest BCUT2D eigenvalue weighted by molar-refractivity contribution is 7.98. The number of nitrogens with zero attached hydrogens (tertiary/aromatic N) is 1. The minimum absolute atomic E-state index is 0.0643. The molecule has 0 bridgehead atoms. The summed E-state index contributed by atoms with van der Waals surface area (Å²) in [5, 5.41) is 28.3. The molecule has 9 amide bonds. The van der Waals surface area contributed by atoms with Gasteiger partial charge >= 0.3 is 5.97 Å². The molecular weight excluding hydrogens is 927 g/mol. The number of thioether (sulfide) groups is 1. The molecule has 23 heteroatoms. The van der Waals surface area contributed by atoms with Crippen molar-refractivity contribution in [2.24, 2.45) is 29.2 Å². The van der Waals surface area contributed by atoms with E-state index in [1.807, 2.05) is 45.9 Å². The van der Waals surface area contributed by atoms with Crippen LogP contribution < -0.4 is 48.7 Å². The number of hydrogen-bond acceptors (Lipinski definition) is 12. The van der Waals surface area contributed by atoms with Gasteiger partial charge < -0.3 is 63.7 Å². The third-order valence-corrected chi connectivity index (χ3v) is 12.3. The molecular formula is C47H73N11O11S. The molecule has 0 saturated carbocycles. The Bertz CT molecular complexity index is 2180. The summed E-state index contributed by atoms with van der Waals surface area (Å²) in [7, 11) is 0. The minimum Gasteiger partial charge on any atom is -0.480 e. The number of nitrogens with one attached hydrogen (secondary N) is 8. The number of para-hydroxylation sites is 1. The Morgan fingerprint density at radius 1 is 0.757 bits per heavy atom. The van der Waals surface area contributed by atoms with Crippen LogP contribution in [-0.4, -0.2) is 148 Å². The zero-order valence-electron chi connectivity index (χ0n) is 41.3. The van der Waals surface area contributed by atoms with E-state index in [9.17, 15) is 53.1 Å². The number of fused-ring (bicyclic) bond motifs is 1. The van der Waals surface area contributed by atoms with Crippen molar-refractivity contribution in [2.45, 2.75) is 142 Å². The van der Waals surface area contributed by atoms with Gasteiger partial charge in [0.25, 0.3) is 0 Å². The molecule has 1 fully saturated rings. The SMILES string of the molecule is CSCC[C@H](NC(=O)[C@@H]1CCCN1C(=O)CNC(=O)[C@H](CC(N)=O)NC(=O)[C@H](Cc1c[nH]c2ccccc12)NC(=O)[C@H](CC(C)C)NC(=O)[C@@H](N)CC(C)C)C(=O)N[C@@H](C)C(=O)N[C@H](C(=O)O)C(C)C. The van der Waals surface area contributed by atoms with Gasteiger partial charge in [-0.15, -0.1) is 0 Å². The monoisotopic (exact) mass is 1000 g/mol. The van der Waals surface area contributed by atoms with Crippen LogP contribution in [0.5, 0.6) is 0 Å². The first kappa shape index (κ1) is 58.1. The molecule has 0 aliphatic carbocycles. The average Bonchev–Trinajstić information content (AvgIpc) is 3.95. The number of carbonyl (C=O) groups excluding carboxylic acids is 9. The highest BCUT2D eigenvalue weighted by Gasteiger charge is 2.38. The number of aromatic nitrogens is 1. The fourth-order valence-corrected chi connectivity index (χ4v) is 8.42. The third-order valence-electron chi connectivity index (χ3n) is 11.7. The zero-order valence-corrected chi connectivity index (χ0v) is 42.2. The summed E-state index contributed by atoms with van der Waals surface area (Å²) in [4.78, 5) is 137. The second-order valence-electron chi connectivity index (χ2n) is 18.9. The summed E-state index contributed by atoms with van der Waals surface area (Å²) < 4.78 is 0. The molecule has 8 atom stereocenters. The Morgan fingerprint density at radius 2 is 1.37 bits per heavy atom. The molecule has 1 aromatic carbocycles. The Balaban J connectivity index is 1.77. The normalized spacial score (nSPS) is 16.6. The molecule has 1 aliphatic rings. The Morgan fingerprint density at radius 3 is 1.99 bits per heavy atom. The molecule has 1 aliphatic heterocycles. The average molecular weight is 1000 g/mol. The van der Waals surface area contributed by atoms with Crippen molar-refractivity contribution >= 4 is 81.8 Å². The third kappa shape index (κ3) is 17.9. The van der Waals surface area contributed by atoms with E-state index in [1.54, 1.807) is 32.4 Å². The Labute approximate surface area is 412 Å². The molecule has 70 heavy (non-hydrogen) atoms. The number of likely N-dealkylation sites (tertiary alicyclic amines) is 1. The van der Waals surface area contributed by atoms with Gasteiger partial charge in [-0.2, -0.15) is 11.8 Å². The summed E-state index contributed by atoms with van der Waals surface area (Å²) in [6, 6.07) is -2.16. The lowest BCUT2D eigenvalue weighted by molar-refractivity contribution is -0.143. The molecule has 13 N–H and O–H groups in total. The number of rotatable bonds is 28. The van der Waals surface area contributed by atoms with Crippen LogP contribution >= 0.6 is 11.8 Å². The van der Waals surface area contributed by atoms with E-state index in [4.69, 9.17) is 11.5 Å². The number of nitrogens with two attached hydrogens (primary N) is 2. The van der Waals surface area contributed by atoms with Gasteiger partial charge in [0, 0.05) is 30.1 Å². The molecule has 0 unspecified atom stereocenters. The number of aliphatic carboxylic acids is 1. The predicted octanol–water partition coefficient (Wildman–Crippen LogP) is -0.465. The number of carboxylic acid groups (broad SMARTS) is 1. The van der Waals surface area contributed by atoms with E-state index in [1.165, 1.54) is 23.6 Å². The zero-order chi connectivity index (χ0) is 52.4. The second-order valence-corrected chi connectivity index (χ2v) is 19.9. The van der Waals surface area contributed by atoms with Crippen molar-refractivity contribution in [1.82, 2.24) is 47.1 Å². The summed E-state index contributed by atoms with van der Waals surface area (Å²) in [6.07, 6.45) is 4.08. The number of amides is 9. The topological polar surface area (TPSA) is 346 Å². The van der Waals surface area contributed by atoms with Crippen LogP contribution in [0.4, 0.5) is 0 Å². The van der Waals surface area contributed by atoms with Gasteiger partial charge in [0.05, 0.1) is 19.0 Å². The number of benzene rings is 1. The number of aromatic amines is 1. The van der Waals surface area contributed by atoms with E-state index < -0.39 is 126 Å². The molecule has 2 heterocycles. The van der Waals surface area contributed by atoms with Crippen LogP contribution in [0, 0.1) is 17.8 Å². The maximum atomic E-state index is 14.2. The van der Waals surface area contributed by atoms with Crippen molar-refractivity contribution in [3.8, 4) is 0 Å². The van der Waals surface area contributed by atoms with Crippen LogP contribution in [0.25, 0.3) is 10.9 Å². The molecule has 2 aromatic rings. The van der Waals surface area contributed by atoms with E-state index in [-0.39, 0.29) is 44.1 Å². The van der Waals surface area contributed by atoms with Crippen molar-refractivity contribution in [1.29, 1.82) is 0 Å². The van der Waals surface area contributed by atoms with Gasteiger partial charge in [-0.1, -0.05) is 59.7 Å². The number of primary amides is 1. The lowest BCUT2D eigenvalue weighted by atomic mass is 9.99. The molecule has 1 saturated heterocycles. The summed E-state index contributed by atoms with van der Waals surface area (Å²) in [5.41, 5.74) is 13.0. The molecule has 0 radical (unpaired) electrons. The van der Waals surface area contributed by atoms with Gasteiger partial charge in [-0.25, -0.2) is 4.79 Å². The summed E-state index contributed by atoms with van der Waals surface area (Å²) in [5.74, 6) is -7.96. The number of carbonyl (C=O) groups is 10. The quantitative estimate of drug-likeness (QED) is 0.0515. The largest absolute Gasteiger partial charge is 0.480 e. The summed E-state index contributed by atoms with van der Waals surface area (Å²) >= 11 is 1.41. The highest BCUT2D eigenvalue weighted by Crippen LogP contribution is 2.21. The number of carboxylic acids is 1. The summed E-state index contributed by atoms with van der Waals surface area (Å²) in [6.45, 7) is 11.6. The van der Waals surface area contributed by atoms with E-state index >= 15 is 0 Å². The first-order valence-electron chi connectivity index (χ1n) is 23.6. The van der Waals surface area contributed by atoms with Crippen LogP contribution in [0.2, 0.25) is 0 Å². The van der Waals surface area contributed by atoms with E-state index in [2.05, 4.69) is 42.2 Å². The van der Waals surface area contributed by atoms with Gasteiger partial charge in [0.15, 0.2) is 0 Å². The van der Waals surface area contributed by atoms with Crippen molar-refractivity contribution in [3.05, 3.63) is 36.0 Å². The van der Waals surface area contributed by atoms with E-state index in [0.29, 0.717) is 24.2 Å². The van der Waals surface area contributed by atoms with Crippen molar-refractivity contribution in [2.75, 3.05) is 25.1 Å².